The third-order valence-corrected chi connectivity index (χ3v) is 8.10. The van der Waals surface area contributed by atoms with E-state index in [0.717, 1.165) is 24.8 Å². The van der Waals surface area contributed by atoms with E-state index in [1.807, 2.05) is 0 Å². The molecule has 1 nitrogen and oxygen atoms in total. The van der Waals surface area contributed by atoms with Crippen LogP contribution in [0.15, 0.2) is 24.3 Å². The predicted octanol–water partition coefficient (Wildman–Crippen LogP) is 9.38. The Kier molecular flexibility index (Phi) is 9.66. The van der Waals surface area contributed by atoms with Crippen LogP contribution in [0.1, 0.15) is 82.6 Å². The normalized spacial score (nSPS) is 31.2. The van der Waals surface area contributed by atoms with Gasteiger partial charge < -0.3 is 4.74 Å². The summed E-state index contributed by atoms with van der Waals surface area (Å²) in [6.45, 7) is 2.20. The summed E-state index contributed by atoms with van der Waals surface area (Å²) in [4.78, 5) is 0. The van der Waals surface area contributed by atoms with Crippen LogP contribution in [0.4, 0.5) is 30.7 Å². The number of hydrogen-bond acceptors (Lipinski definition) is 1. The maximum Gasteiger partial charge on any atom is 0.439 e. The van der Waals surface area contributed by atoms with Crippen molar-refractivity contribution in [1.82, 2.24) is 0 Å². The SMILES string of the molecule is CCCC1CCC(CCC2CC(F)C(c3ccccc3OC(F)(F)C(F)C(F)(F)F)C(Cl)C2)CC1. The second-order valence-electron chi connectivity index (χ2n) is 10.3. The molecule has 0 aliphatic heterocycles. The third-order valence-electron chi connectivity index (χ3n) is 7.65. The fraction of sp³-hybridized carbons (Fsp3) is 0.769. The minimum Gasteiger partial charge on any atom is -0.430 e. The number of ether oxygens (including phenoxy) is 1. The minimum atomic E-state index is -5.80. The first-order valence-corrected chi connectivity index (χ1v) is 13.0. The molecule has 1 aromatic rings. The Balaban J connectivity index is 1.61. The van der Waals surface area contributed by atoms with E-state index in [4.69, 9.17) is 11.6 Å². The molecule has 0 amide bonds. The zero-order valence-corrected chi connectivity index (χ0v) is 20.6. The quantitative estimate of drug-likeness (QED) is 0.228. The van der Waals surface area contributed by atoms with Crippen LogP contribution in [0.3, 0.4) is 0 Å². The molecule has 2 saturated carbocycles. The van der Waals surface area contributed by atoms with Gasteiger partial charge in [0.25, 0.3) is 6.17 Å². The summed E-state index contributed by atoms with van der Waals surface area (Å²) < 4.78 is 98.2. The van der Waals surface area contributed by atoms with Gasteiger partial charge >= 0.3 is 12.3 Å². The summed E-state index contributed by atoms with van der Waals surface area (Å²) in [5.74, 6) is -0.232. The summed E-state index contributed by atoms with van der Waals surface area (Å²) in [7, 11) is 0. The van der Waals surface area contributed by atoms with E-state index in [9.17, 15) is 26.3 Å². The highest BCUT2D eigenvalue weighted by Gasteiger charge is 2.59. The van der Waals surface area contributed by atoms with Gasteiger partial charge in [-0.2, -0.15) is 22.0 Å². The van der Waals surface area contributed by atoms with Crippen LogP contribution in [0.2, 0.25) is 0 Å². The first kappa shape index (κ1) is 28.4. The van der Waals surface area contributed by atoms with Gasteiger partial charge in [0.05, 0.1) is 0 Å². The topological polar surface area (TPSA) is 9.23 Å². The molecule has 2 aliphatic rings. The molecule has 1 aromatic carbocycles. The Morgan fingerprint density at radius 2 is 1.49 bits per heavy atom. The fourth-order valence-corrected chi connectivity index (χ4v) is 6.35. The molecule has 200 valence electrons. The Labute approximate surface area is 207 Å². The molecule has 5 unspecified atom stereocenters. The average Bonchev–Trinajstić information content (AvgIpc) is 2.78. The van der Waals surface area contributed by atoms with Gasteiger partial charge in [0.1, 0.15) is 11.9 Å². The van der Waals surface area contributed by atoms with E-state index in [0.29, 0.717) is 12.3 Å². The number of hydrogen-bond donors (Lipinski definition) is 0. The lowest BCUT2D eigenvalue weighted by Crippen LogP contribution is -2.46. The van der Waals surface area contributed by atoms with Crippen molar-refractivity contribution in [3.8, 4) is 5.75 Å². The van der Waals surface area contributed by atoms with E-state index >= 15 is 4.39 Å². The summed E-state index contributed by atoms with van der Waals surface area (Å²) in [6, 6.07) is 4.99. The Morgan fingerprint density at radius 1 is 0.914 bits per heavy atom. The minimum absolute atomic E-state index is 0.0482. The lowest BCUT2D eigenvalue weighted by molar-refractivity contribution is -0.305. The molecule has 5 atom stereocenters. The second kappa shape index (κ2) is 11.9. The molecule has 0 bridgehead atoms. The Bertz CT molecular complexity index is 782. The fourth-order valence-electron chi connectivity index (χ4n) is 5.80. The summed E-state index contributed by atoms with van der Waals surface area (Å²) in [5, 5.41) is -0.744. The number of benzene rings is 1. The molecule has 35 heavy (non-hydrogen) atoms. The first-order chi connectivity index (χ1) is 16.4. The van der Waals surface area contributed by atoms with E-state index < -0.39 is 41.7 Å². The maximum absolute atomic E-state index is 15.3. The number of halogens is 8. The molecule has 0 aromatic heterocycles. The van der Waals surface area contributed by atoms with Crippen LogP contribution < -0.4 is 4.74 Å². The largest absolute Gasteiger partial charge is 0.439 e. The smallest absolute Gasteiger partial charge is 0.430 e. The first-order valence-electron chi connectivity index (χ1n) is 12.6. The van der Waals surface area contributed by atoms with Gasteiger partial charge in [0.2, 0.25) is 0 Å². The van der Waals surface area contributed by atoms with Crippen molar-refractivity contribution < 1.29 is 35.5 Å². The Morgan fingerprint density at radius 3 is 2.06 bits per heavy atom. The molecule has 2 fully saturated rings. The highest BCUT2D eigenvalue weighted by atomic mass is 35.5. The van der Waals surface area contributed by atoms with E-state index in [-0.39, 0.29) is 17.9 Å². The van der Waals surface area contributed by atoms with Crippen molar-refractivity contribution in [2.24, 2.45) is 17.8 Å². The van der Waals surface area contributed by atoms with Crippen LogP contribution in [-0.2, 0) is 0 Å². The van der Waals surface area contributed by atoms with Crippen LogP contribution in [0.5, 0.6) is 5.75 Å². The molecule has 0 spiro atoms. The highest BCUT2D eigenvalue weighted by Crippen LogP contribution is 2.47. The molecule has 0 radical (unpaired) electrons. The van der Waals surface area contributed by atoms with E-state index in [2.05, 4.69) is 11.7 Å². The van der Waals surface area contributed by atoms with E-state index in [1.54, 1.807) is 0 Å². The molecule has 0 saturated heterocycles. The van der Waals surface area contributed by atoms with Crippen LogP contribution in [0.25, 0.3) is 0 Å². The lowest BCUT2D eigenvalue weighted by Gasteiger charge is -2.37. The van der Waals surface area contributed by atoms with Crippen molar-refractivity contribution in [3.05, 3.63) is 29.8 Å². The monoisotopic (exact) mass is 530 g/mol. The van der Waals surface area contributed by atoms with Crippen LogP contribution >= 0.6 is 11.6 Å². The molecular weight excluding hydrogens is 497 g/mol. The van der Waals surface area contributed by atoms with Gasteiger partial charge in [-0.3, -0.25) is 0 Å². The van der Waals surface area contributed by atoms with Crippen LogP contribution in [-0.4, -0.2) is 30.0 Å². The van der Waals surface area contributed by atoms with Gasteiger partial charge in [-0.15, -0.1) is 11.6 Å². The lowest BCUT2D eigenvalue weighted by atomic mass is 9.73. The summed E-state index contributed by atoms with van der Waals surface area (Å²) in [6.07, 6.45) is -7.10. The number of para-hydroxylation sites is 1. The van der Waals surface area contributed by atoms with Crippen molar-refractivity contribution in [1.29, 1.82) is 0 Å². The van der Waals surface area contributed by atoms with Crippen molar-refractivity contribution in [2.45, 2.75) is 107 Å². The van der Waals surface area contributed by atoms with Gasteiger partial charge in [-0.25, -0.2) is 8.78 Å². The predicted molar refractivity (Wildman–Crippen MR) is 123 cm³/mol. The maximum atomic E-state index is 15.3. The van der Waals surface area contributed by atoms with Gasteiger partial charge in [-0.1, -0.05) is 76.5 Å². The van der Waals surface area contributed by atoms with Gasteiger partial charge in [-0.05, 0) is 36.7 Å². The average molecular weight is 531 g/mol. The third kappa shape index (κ3) is 7.42. The Hall–Kier alpha value is -1.18. The van der Waals surface area contributed by atoms with Crippen molar-refractivity contribution in [2.75, 3.05) is 0 Å². The van der Waals surface area contributed by atoms with Crippen LogP contribution in [0, 0.1) is 17.8 Å². The molecule has 3 rings (SSSR count). The van der Waals surface area contributed by atoms with Gasteiger partial charge in [0.15, 0.2) is 0 Å². The standard InChI is InChI=1S/C26H34ClF7O/c1-2-5-16-8-10-17(11-9-16)12-13-18-14-20(27)23(21(28)15-18)19-6-3-4-7-22(19)35-26(33,34)24(29)25(30,31)32/h3-4,6-7,16-18,20-21,23-24H,2,5,8-15H2,1H3. The molecule has 0 heterocycles. The summed E-state index contributed by atoms with van der Waals surface area (Å²) in [5.41, 5.74) is -0.0678. The number of alkyl halides is 8. The highest BCUT2D eigenvalue weighted by molar-refractivity contribution is 6.21. The zero-order valence-electron chi connectivity index (χ0n) is 19.9. The van der Waals surface area contributed by atoms with Gasteiger partial charge in [0, 0.05) is 16.9 Å². The van der Waals surface area contributed by atoms with E-state index in [1.165, 1.54) is 56.7 Å². The van der Waals surface area contributed by atoms with Crippen molar-refractivity contribution >= 4 is 11.6 Å². The summed E-state index contributed by atoms with van der Waals surface area (Å²) >= 11 is 6.52. The second-order valence-corrected chi connectivity index (χ2v) is 10.8. The molecule has 0 N–H and O–H groups in total. The molecule has 2 aliphatic carbocycles. The molecular formula is C26H34ClF7O. The molecule has 9 heteroatoms. The number of rotatable bonds is 9. The van der Waals surface area contributed by atoms with Crippen molar-refractivity contribution in [3.63, 3.8) is 0 Å². The zero-order chi connectivity index (χ0) is 25.8.